The highest BCUT2D eigenvalue weighted by Gasteiger charge is 2.07. The summed E-state index contributed by atoms with van der Waals surface area (Å²) in [7, 11) is 0. The number of thiazole rings is 1. The number of amides is 1. The van der Waals surface area contributed by atoms with Gasteiger partial charge in [-0.05, 0) is 17.7 Å². The van der Waals surface area contributed by atoms with E-state index < -0.39 is 0 Å². The normalized spacial score (nSPS) is 12.5. The molecule has 0 aliphatic heterocycles. The molecular weight excluding hydrogens is 338 g/mol. The number of hydrogen-bond acceptors (Lipinski definition) is 5. The van der Waals surface area contributed by atoms with Gasteiger partial charge in [0.2, 0.25) is 5.91 Å². The Morgan fingerprint density at radius 2 is 2.00 bits per heavy atom. The van der Waals surface area contributed by atoms with E-state index in [0.717, 1.165) is 14.6 Å². The van der Waals surface area contributed by atoms with Crippen LogP contribution in [0.2, 0.25) is 0 Å². The lowest BCUT2D eigenvalue weighted by atomic mass is 10.0. The molecule has 3 rings (SSSR count). The number of rotatable bonds is 6. The maximum Gasteiger partial charge on any atom is 0.250 e. The lowest BCUT2D eigenvalue weighted by molar-refractivity contribution is -0.118. The van der Waals surface area contributed by atoms with Crippen LogP contribution in [0.4, 0.5) is 0 Å². The van der Waals surface area contributed by atoms with Gasteiger partial charge in [0.1, 0.15) is 0 Å². The number of benzene rings is 2. The molecule has 0 saturated heterocycles. The number of nitrogens with zero attached hydrogens (tertiary/aromatic N) is 2. The second-order valence-corrected chi connectivity index (χ2v) is 7.50. The third-order valence-corrected chi connectivity index (χ3v) is 5.59. The Kier molecular flexibility index (Phi) is 5.61. The van der Waals surface area contributed by atoms with Gasteiger partial charge in [0, 0.05) is 12.1 Å². The highest BCUT2D eigenvalue weighted by molar-refractivity contribution is 8.01. The first-order valence-electron chi connectivity index (χ1n) is 7.58. The topological polar surface area (TPSA) is 54.4 Å². The number of hydrogen-bond donors (Lipinski definition) is 1. The number of thioether (sulfide) groups is 1. The van der Waals surface area contributed by atoms with E-state index in [2.05, 4.69) is 15.5 Å². The molecule has 6 heteroatoms. The zero-order valence-electron chi connectivity index (χ0n) is 13.2. The van der Waals surface area contributed by atoms with Crippen LogP contribution < -0.4 is 5.43 Å². The van der Waals surface area contributed by atoms with Gasteiger partial charge >= 0.3 is 0 Å². The van der Waals surface area contributed by atoms with Crippen LogP contribution in [-0.4, -0.2) is 22.9 Å². The van der Waals surface area contributed by atoms with Crippen molar-refractivity contribution in [2.45, 2.75) is 17.2 Å². The van der Waals surface area contributed by atoms with Crippen molar-refractivity contribution in [2.75, 3.05) is 5.75 Å². The van der Waals surface area contributed by atoms with Gasteiger partial charge in [-0.25, -0.2) is 10.4 Å². The maximum absolute atomic E-state index is 11.9. The molecule has 24 heavy (non-hydrogen) atoms. The van der Waals surface area contributed by atoms with E-state index in [1.54, 1.807) is 17.6 Å². The van der Waals surface area contributed by atoms with Crippen LogP contribution in [0, 0.1) is 0 Å². The first-order valence-corrected chi connectivity index (χ1v) is 9.38. The molecule has 0 unspecified atom stereocenters. The summed E-state index contributed by atoms with van der Waals surface area (Å²) in [5.41, 5.74) is 4.71. The maximum atomic E-state index is 11.9. The van der Waals surface area contributed by atoms with Crippen LogP contribution in [0.25, 0.3) is 10.2 Å². The zero-order valence-corrected chi connectivity index (χ0v) is 14.8. The molecule has 0 fully saturated rings. The molecule has 122 valence electrons. The first kappa shape index (κ1) is 16.7. The SMILES string of the molecule is C[C@H](/C=N\NC(=O)CSc1nc2ccccc2s1)c1ccccc1. The molecule has 0 bridgehead atoms. The second kappa shape index (κ2) is 8.08. The molecule has 1 atom stereocenters. The lowest BCUT2D eigenvalue weighted by Gasteiger charge is -2.05. The minimum atomic E-state index is -0.129. The fourth-order valence-corrected chi connectivity index (χ4v) is 4.00. The monoisotopic (exact) mass is 355 g/mol. The number of para-hydroxylation sites is 1. The number of carbonyl (C=O) groups excluding carboxylic acids is 1. The summed E-state index contributed by atoms with van der Waals surface area (Å²) < 4.78 is 2.03. The fraction of sp³-hybridized carbons (Fsp3) is 0.167. The Morgan fingerprint density at radius 1 is 1.25 bits per heavy atom. The highest BCUT2D eigenvalue weighted by atomic mass is 32.2. The van der Waals surface area contributed by atoms with Crippen LogP contribution in [0.3, 0.4) is 0 Å². The zero-order chi connectivity index (χ0) is 16.8. The summed E-state index contributed by atoms with van der Waals surface area (Å²) in [4.78, 5) is 16.4. The number of fused-ring (bicyclic) bond motifs is 1. The summed E-state index contributed by atoms with van der Waals surface area (Å²) >= 11 is 3.03. The van der Waals surface area contributed by atoms with Crippen molar-refractivity contribution in [3.63, 3.8) is 0 Å². The predicted octanol–water partition coefficient (Wildman–Crippen LogP) is 4.29. The molecule has 0 spiro atoms. The van der Waals surface area contributed by atoms with Gasteiger partial charge in [-0.1, -0.05) is 61.2 Å². The number of nitrogens with one attached hydrogen (secondary N) is 1. The Morgan fingerprint density at radius 3 is 2.79 bits per heavy atom. The van der Waals surface area contributed by atoms with Crippen LogP contribution in [0.5, 0.6) is 0 Å². The quantitative estimate of drug-likeness (QED) is 0.408. The second-order valence-electron chi connectivity index (χ2n) is 5.25. The molecular formula is C18H17N3OS2. The third kappa shape index (κ3) is 4.43. The van der Waals surface area contributed by atoms with Crippen LogP contribution >= 0.6 is 23.1 Å². The predicted molar refractivity (Wildman–Crippen MR) is 102 cm³/mol. The molecule has 1 heterocycles. The number of hydrazone groups is 1. The molecule has 3 aromatic rings. The van der Waals surface area contributed by atoms with Gasteiger partial charge in [0.25, 0.3) is 0 Å². The van der Waals surface area contributed by atoms with Crippen molar-refractivity contribution < 1.29 is 4.79 Å². The first-order chi connectivity index (χ1) is 11.7. The molecule has 0 aliphatic rings. The Bertz CT molecular complexity index is 813. The molecule has 1 aromatic heterocycles. The van der Waals surface area contributed by atoms with Crippen LogP contribution in [0.15, 0.2) is 64.0 Å². The summed E-state index contributed by atoms with van der Waals surface area (Å²) in [5, 5.41) is 4.05. The summed E-state index contributed by atoms with van der Waals surface area (Å²) in [6.07, 6.45) is 1.75. The molecule has 0 aliphatic carbocycles. The molecule has 0 saturated carbocycles. The van der Waals surface area contributed by atoms with Gasteiger partial charge in [-0.15, -0.1) is 11.3 Å². The summed E-state index contributed by atoms with van der Waals surface area (Å²) in [6, 6.07) is 18.0. The van der Waals surface area contributed by atoms with E-state index in [-0.39, 0.29) is 11.8 Å². The molecule has 0 radical (unpaired) electrons. The fourth-order valence-electron chi connectivity index (χ4n) is 2.14. The minimum absolute atomic E-state index is 0.129. The largest absolute Gasteiger partial charge is 0.272 e. The van der Waals surface area contributed by atoms with Gasteiger partial charge in [-0.3, -0.25) is 4.79 Å². The molecule has 1 amide bonds. The average Bonchev–Trinajstić information content (AvgIpc) is 3.03. The number of aromatic nitrogens is 1. The van der Waals surface area contributed by atoms with Gasteiger partial charge < -0.3 is 0 Å². The standard InChI is InChI=1S/C18H17N3OS2/c1-13(14-7-3-2-4-8-14)11-19-21-17(22)12-23-18-20-15-9-5-6-10-16(15)24-18/h2-11,13H,12H2,1H3,(H,21,22)/b19-11-/t13-/m1/s1. The smallest absolute Gasteiger partial charge is 0.250 e. The van der Waals surface area contributed by atoms with Crippen LogP contribution in [-0.2, 0) is 4.79 Å². The third-order valence-electron chi connectivity index (χ3n) is 3.41. The van der Waals surface area contributed by atoms with Crippen molar-refractivity contribution in [1.82, 2.24) is 10.4 Å². The Hall–Kier alpha value is -2.18. The van der Waals surface area contributed by atoms with Gasteiger partial charge in [0.05, 0.1) is 16.0 Å². The van der Waals surface area contributed by atoms with Crippen molar-refractivity contribution in [3.8, 4) is 0 Å². The Balaban J connectivity index is 1.48. The summed E-state index contributed by atoms with van der Waals surface area (Å²) in [6.45, 7) is 2.04. The van der Waals surface area contributed by atoms with Gasteiger partial charge in [-0.2, -0.15) is 5.10 Å². The van der Waals surface area contributed by atoms with E-state index in [1.165, 1.54) is 17.3 Å². The van der Waals surface area contributed by atoms with E-state index in [4.69, 9.17) is 0 Å². The van der Waals surface area contributed by atoms with E-state index in [1.807, 2.05) is 61.5 Å². The van der Waals surface area contributed by atoms with Crippen molar-refractivity contribution in [1.29, 1.82) is 0 Å². The van der Waals surface area contributed by atoms with Gasteiger partial charge in [0.15, 0.2) is 4.34 Å². The summed E-state index contributed by atoms with van der Waals surface area (Å²) in [5.74, 6) is 0.329. The number of carbonyl (C=O) groups is 1. The Labute approximate surface area is 149 Å². The van der Waals surface area contributed by atoms with E-state index >= 15 is 0 Å². The van der Waals surface area contributed by atoms with E-state index in [0.29, 0.717) is 5.75 Å². The van der Waals surface area contributed by atoms with Crippen LogP contribution in [0.1, 0.15) is 18.4 Å². The minimum Gasteiger partial charge on any atom is -0.272 e. The average molecular weight is 355 g/mol. The van der Waals surface area contributed by atoms with Crippen molar-refractivity contribution in [3.05, 3.63) is 60.2 Å². The lowest BCUT2D eigenvalue weighted by Crippen LogP contribution is -2.20. The molecule has 2 aromatic carbocycles. The highest BCUT2D eigenvalue weighted by Crippen LogP contribution is 2.28. The van der Waals surface area contributed by atoms with Crippen molar-refractivity contribution in [2.24, 2.45) is 5.10 Å². The molecule has 1 N–H and O–H groups in total. The van der Waals surface area contributed by atoms with Crippen molar-refractivity contribution >= 4 is 45.4 Å². The molecule has 4 nitrogen and oxygen atoms in total. The van der Waals surface area contributed by atoms with E-state index in [9.17, 15) is 4.79 Å².